The molecule has 0 spiro atoms. The molecule has 0 aliphatic carbocycles. The van der Waals surface area contributed by atoms with Gasteiger partial charge in [-0.05, 0) is 44.6 Å². The topological polar surface area (TPSA) is 179 Å². The van der Waals surface area contributed by atoms with Crippen LogP contribution in [0.5, 0.6) is 0 Å². The highest BCUT2D eigenvalue weighted by Crippen LogP contribution is 2.19. The second-order valence-electron chi connectivity index (χ2n) is 7.14. The molecule has 12 heteroatoms. The van der Waals surface area contributed by atoms with Gasteiger partial charge in [-0.3, -0.25) is 19.2 Å². The lowest BCUT2D eigenvalue weighted by molar-refractivity contribution is -0.149. The molecule has 0 aromatic carbocycles. The molecule has 170 valence electrons. The van der Waals surface area contributed by atoms with Gasteiger partial charge in [0.2, 0.25) is 17.7 Å². The molecule has 1 aliphatic rings. The number of nitrogens with zero attached hydrogens (tertiary/aromatic N) is 1. The van der Waals surface area contributed by atoms with E-state index in [4.69, 9.17) is 10.8 Å². The molecule has 11 nitrogen and oxygen atoms in total. The number of amides is 3. The molecule has 1 rings (SSSR count). The molecule has 4 atom stereocenters. The maximum atomic E-state index is 12.9. The van der Waals surface area contributed by atoms with E-state index in [2.05, 4.69) is 10.6 Å². The predicted molar refractivity (Wildman–Crippen MR) is 110 cm³/mol. The van der Waals surface area contributed by atoms with Gasteiger partial charge in [0.25, 0.3) is 0 Å². The molecule has 6 N–H and O–H groups in total. The Labute approximate surface area is 179 Å². The summed E-state index contributed by atoms with van der Waals surface area (Å²) in [4.78, 5) is 60.7. The van der Waals surface area contributed by atoms with E-state index >= 15 is 0 Å². The highest BCUT2D eigenvalue weighted by molar-refractivity contribution is 7.98. The third kappa shape index (κ3) is 7.82. The zero-order valence-corrected chi connectivity index (χ0v) is 17.9. The summed E-state index contributed by atoms with van der Waals surface area (Å²) in [7, 11) is 0. The number of carbonyl (C=O) groups is 5. The van der Waals surface area contributed by atoms with Gasteiger partial charge in [-0.25, -0.2) is 4.79 Å². The zero-order valence-electron chi connectivity index (χ0n) is 17.1. The molecular weight excluding hydrogens is 416 g/mol. The third-order valence-electron chi connectivity index (χ3n) is 4.80. The maximum Gasteiger partial charge on any atom is 0.326 e. The van der Waals surface area contributed by atoms with Crippen molar-refractivity contribution in [3.8, 4) is 0 Å². The van der Waals surface area contributed by atoms with E-state index in [0.29, 0.717) is 31.6 Å². The average molecular weight is 447 g/mol. The average Bonchev–Trinajstić information content (AvgIpc) is 3.18. The molecule has 4 unspecified atom stereocenters. The largest absolute Gasteiger partial charge is 0.481 e. The van der Waals surface area contributed by atoms with E-state index in [0.717, 1.165) is 0 Å². The predicted octanol–water partition coefficient (Wildman–Crippen LogP) is -1.00. The Morgan fingerprint density at radius 1 is 1.13 bits per heavy atom. The zero-order chi connectivity index (χ0) is 22.8. The first-order valence-corrected chi connectivity index (χ1v) is 11.1. The molecule has 1 heterocycles. The molecule has 1 fully saturated rings. The van der Waals surface area contributed by atoms with Crippen LogP contribution in [0.25, 0.3) is 0 Å². The maximum absolute atomic E-state index is 12.9. The summed E-state index contributed by atoms with van der Waals surface area (Å²) < 4.78 is 0. The van der Waals surface area contributed by atoms with Crippen LogP contribution in [0.4, 0.5) is 0 Å². The second-order valence-corrected chi connectivity index (χ2v) is 8.13. The van der Waals surface area contributed by atoms with Crippen LogP contribution in [-0.4, -0.2) is 87.5 Å². The van der Waals surface area contributed by atoms with E-state index in [1.54, 1.807) is 0 Å². The van der Waals surface area contributed by atoms with E-state index < -0.39 is 53.8 Å². The molecule has 0 radical (unpaired) electrons. The van der Waals surface area contributed by atoms with Crippen LogP contribution in [-0.2, 0) is 24.0 Å². The molecule has 0 bridgehead atoms. The fourth-order valence-corrected chi connectivity index (χ4v) is 3.54. The van der Waals surface area contributed by atoms with Crippen molar-refractivity contribution in [2.75, 3.05) is 18.6 Å². The third-order valence-corrected chi connectivity index (χ3v) is 5.45. The SMILES string of the molecule is CSCCC(NC(=O)C(C)NC(=O)C(N)CCC(=O)O)C(=O)N1CCCC1C(=O)O. The molecule has 3 amide bonds. The molecule has 30 heavy (non-hydrogen) atoms. The van der Waals surface area contributed by atoms with Gasteiger partial charge in [0, 0.05) is 13.0 Å². The summed E-state index contributed by atoms with van der Waals surface area (Å²) in [5.74, 6) is -3.33. The second kappa shape index (κ2) is 12.4. The molecule has 1 saturated heterocycles. The van der Waals surface area contributed by atoms with Crippen molar-refractivity contribution in [1.82, 2.24) is 15.5 Å². The fraction of sp³-hybridized carbons (Fsp3) is 0.722. The summed E-state index contributed by atoms with van der Waals surface area (Å²) in [5.41, 5.74) is 5.63. The number of rotatable bonds is 12. The highest BCUT2D eigenvalue weighted by Gasteiger charge is 2.37. The number of thioether (sulfide) groups is 1. The van der Waals surface area contributed by atoms with Gasteiger partial charge in [0.15, 0.2) is 0 Å². The summed E-state index contributed by atoms with van der Waals surface area (Å²) in [6, 6.07) is -3.90. The van der Waals surface area contributed by atoms with Gasteiger partial charge in [-0.15, -0.1) is 0 Å². The Balaban J connectivity index is 2.73. The lowest BCUT2D eigenvalue weighted by Gasteiger charge is -2.28. The van der Waals surface area contributed by atoms with E-state index in [1.807, 2.05) is 6.26 Å². The van der Waals surface area contributed by atoms with E-state index in [-0.39, 0.29) is 12.8 Å². The number of hydrogen-bond donors (Lipinski definition) is 5. The lowest BCUT2D eigenvalue weighted by Crippen LogP contribution is -2.56. The molecular formula is C18H30N4O7S. The van der Waals surface area contributed by atoms with Gasteiger partial charge in [0.05, 0.1) is 6.04 Å². The minimum absolute atomic E-state index is 0.0735. The summed E-state index contributed by atoms with van der Waals surface area (Å²) in [5, 5.41) is 23.0. The Morgan fingerprint density at radius 2 is 1.80 bits per heavy atom. The van der Waals surface area contributed by atoms with Crippen molar-refractivity contribution in [2.45, 2.75) is 63.2 Å². The van der Waals surface area contributed by atoms with Crippen LogP contribution in [0.1, 0.15) is 39.0 Å². The van der Waals surface area contributed by atoms with Crippen LogP contribution in [0.3, 0.4) is 0 Å². The summed E-state index contributed by atoms with van der Waals surface area (Å²) >= 11 is 1.48. The van der Waals surface area contributed by atoms with Gasteiger partial charge in [0.1, 0.15) is 18.1 Å². The van der Waals surface area contributed by atoms with Crippen LogP contribution in [0.2, 0.25) is 0 Å². The van der Waals surface area contributed by atoms with Crippen LogP contribution in [0, 0.1) is 0 Å². The first-order chi connectivity index (χ1) is 14.1. The Kier molecular flexibility index (Phi) is 10.6. The summed E-state index contributed by atoms with van der Waals surface area (Å²) in [6.45, 7) is 1.73. The van der Waals surface area contributed by atoms with Gasteiger partial charge < -0.3 is 31.5 Å². The van der Waals surface area contributed by atoms with Crippen molar-refractivity contribution < 1.29 is 34.2 Å². The van der Waals surface area contributed by atoms with Crippen molar-refractivity contribution in [3.63, 3.8) is 0 Å². The van der Waals surface area contributed by atoms with Gasteiger partial charge in [-0.1, -0.05) is 0 Å². The van der Waals surface area contributed by atoms with E-state index in [1.165, 1.54) is 23.6 Å². The number of likely N-dealkylation sites (tertiary alicyclic amines) is 1. The summed E-state index contributed by atoms with van der Waals surface area (Å²) in [6.07, 6.45) is 2.75. The van der Waals surface area contributed by atoms with Crippen molar-refractivity contribution in [2.24, 2.45) is 5.73 Å². The first kappa shape index (κ1) is 25.7. The van der Waals surface area contributed by atoms with Gasteiger partial charge >= 0.3 is 11.9 Å². The molecule has 0 saturated carbocycles. The van der Waals surface area contributed by atoms with Crippen LogP contribution in [0.15, 0.2) is 0 Å². The number of carboxylic acid groups (broad SMARTS) is 2. The Bertz CT molecular complexity index is 660. The minimum Gasteiger partial charge on any atom is -0.481 e. The van der Waals surface area contributed by atoms with Crippen molar-refractivity contribution in [3.05, 3.63) is 0 Å². The number of hydrogen-bond acceptors (Lipinski definition) is 7. The number of nitrogens with one attached hydrogen (secondary N) is 2. The normalized spacial score (nSPS) is 18.9. The number of carboxylic acids is 2. The standard InChI is InChI=1S/C18H30N4O7S/c1-10(20-16(26)11(19)5-6-14(23)24)15(25)21-12(7-9-30-2)17(27)22-8-3-4-13(22)18(28)29/h10-13H,3-9,19H2,1-2H3,(H,20,26)(H,21,25)(H,23,24)(H,28,29). The number of aliphatic carboxylic acids is 2. The van der Waals surface area contributed by atoms with Crippen molar-refractivity contribution >= 4 is 41.4 Å². The van der Waals surface area contributed by atoms with Crippen molar-refractivity contribution in [1.29, 1.82) is 0 Å². The van der Waals surface area contributed by atoms with Gasteiger partial charge in [-0.2, -0.15) is 11.8 Å². The minimum atomic E-state index is -1.08. The van der Waals surface area contributed by atoms with Crippen LogP contribution < -0.4 is 16.4 Å². The monoisotopic (exact) mass is 446 g/mol. The van der Waals surface area contributed by atoms with Crippen LogP contribution >= 0.6 is 11.8 Å². The fourth-order valence-electron chi connectivity index (χ4n) is 3.07. The first-order valence-electron chi connectivity index (χ1n) is 9.68. The Morgan fingerprint density at radius 3 is 2.37 bits per heavy atom. The smallest absolute Gasteiger partial charge is 0.326 e. The van der Waals surface area contributed by atoms with E-state index in [9.17, 15) is 29.1 Å². The number of nitrogens with two attached hydrogens (primary N) is 1. The highest BCUT2D eigenvalue weighted by atomic mass is 32.2. The molecule has 0 aromatic heterocycles. The molecule has 1 aliphatic heterocycles. The quantitative estimate of drug-likeness (QED) is 0.251. The lowest BCUT2D eigenvalue weighted by atomic mass is 10.1. The number of carbonyl (C=O) groups excluding carboxylic acids is 3. The molecule has 0 aromatic rings. The Hall–Kier alpha value is -2.34.